The molecule has 1 atom stereocenters. The number of nitrogens with one attached hydrogen (secondary N) is 1. The van der Waals surface area contributed by atoms with E-state index in [1.807, 2.05) is 18.7 Å². The molecule has 2 aliphatic heterocycles. The van der Waals surface area contributed by atoms with Crippen molar-refractivity contribution in [1.29, 1.82) is 0 Å². The van der Waals surface area contributed by atoms with Crippen LogP contribution in [0.2, 0.25) is 0 Å². The zero-order valence-electron chi connectivity index (χ0n) is 15.4. The summed E-state index contributed by atoms with van der Waals surface area (Å²) >= 11 is 0. The van der Waals surface area contributed by atoms with Gasteiger partial charge in [-0.2, -0.15) is 0 Å². The van der Waals surface area contributed by atoms with Gasteiger partial charge < -0.3 is 15.1 Å². The van der Waals surface area contributed by atoms with Crippen molar-refractivity contribution in [3.63, 3.8) is 0 Å². The summed E-state index contributed by atoms with van der Waals surface area (Å²) in [5.74, 6) is -0.223. The number of pyridine rings is 1. The molecule has 0 radical (unpaired) electrons. The van der Waals surface area contributed by atoms with Crippen LogP contribution in [0.4, 0.5) is 0 Å². The lowest BCUT2D eigenvalue weighted by Gasteiger charge is -2.34. The van der Waals surface area contributed by atoms with Gasteiger partial charge in [0.1, 0.15) is 0 Å². The fourth-order valence-corrected chi connectivity index (χ4v) is 3.66. The minimum Gasteiger partial charge on any atom is -0.349 e. The molecule has 7 heteroatoms. The number of nitrogens with zero attached hydrogens (tertiary/aromatic N) is 3. The Morgan fingerprint density at radius 2 is 2.00 bits per heavy atom. The fourth-order valence-electron chi connectivity index (χ4n) is 3.66. The molecule has 140 valence electrons. The van der Waals surface area contributed by atoms with Gasteiger partial charge in [0.25, 0.3) is 5.91 Å². The SMILES string of the molecule is CC(C)N1CC(C(=O)N2CCC(NC(=O)c3cccnc3)CC2)CC1=O. The zero-order chi connectivity index (χ0) is 18.7. The first-order valence-corrected chi connectivity index (χ1v) is 9.25. The molecule has 0 saturated carbocycles. The number of aromatic nitrogens is 1. The Bertz CT molecular complexity index is 669. The predicted octanol–water partition coefficient (Wildman–Crippen LogP) is 1.06. The first kappa shape index (κ1) is 18.4. The molecule has 1 unspecified atom stereocenters. The minimum absolute atomic E-state index is 0.0594. The van der Waals surface area contributed by atoms with Crippen molar-refractivity contribution in [2.24, 2.45) is 5.92 Å². The maximum Gasteiger partial charge on any atom is 0.253 e. The Balaban J connectivity index is 1.48. The molecule has 0 bridgehead atoms. The van der Waals surface area contributed by atoms with E-state index < -0.39 is 0 Å². The molecule has 2 fully saturated rings. The molecule has 1 aromatic rings. The van der Waals surface area contributed by atoms with Crippen molar-refractivity contribution in [3.05, 3.63) is 30.1 Å². The highest BCUT2D eigenvalue weighted by atomic mass is 16.2. The third-order valence-corrected chi connectivity index (χ3v) is 5.20. The Morgan fingerprint density at radius 1 is 1.27 bits per heavy atom. The van der Waals surface area contributed by atoms with Gasteiger partial charge in [-0.15, -0.1) is 0 Å². The molecule has 3 rings (SSSR count). The van der Waals surface area contributed by atoms with Crippen molar-refractivity contribution < 1.29 is 14.4 Å². The van der Waals surface area contributed by atoms with Crippen molar-refractivity contribution >= 4 is 17.7 Å². The molecule has 26 heavy (non-hydrogen) atoms. The maximum absolute atomic E-state index is 12.7. The van der Waals surface area contributed by atoms with E-state index in [0.717, 1.165) is 12.8 Å². The van der Waals surface area contributed by atoms with Crippen LogP contribution < -0.4 is 5.32 Å². The van der Waals surface area contributed by atoms with Crippen LogP contribution in [0.3, 0.4) is 0 Å². The molecule has 2 saturated heterocycles. The molecular weight excluding hydrogens is 332 g/mol. The van der Waals surface area contributed by atoms with Crippen LogP contribution in [0, 0.1) is 5.92 Å². The highest BCUT2D eigenvalue weighted by Crippen LogP contribution is 2.24. The molecule has 3 heterocycles. The number of piperidine rings is 1. The van der Waals surface area contributed by atoms with E-state index in [1.165, 1.54) is 0 Å². The van der Waals surface area contributed by atoms with Gasteiger partial charge in [-0.1, -0.05) is 0 Å². The molecule has 0 spiro atoms. The van der Waals surface area contributed by atoms with Gasteiger partial charge in [0.05, 0.1) is 11.5 Å². The lowest BCUT2D eigenvalue weighted by molar-refractivity contribution is -0.136. The van der Waals surface area contributed by atoms with E-state index in [2.05, 4.69) is 10.3 Å². The largest absolute Gasteiger partial charge is 0.349 e. The second-order valence-corrected chi connectivity index (χ2v) is 7.36. The molecule has 0 aliphatic carbocycles. The molecule has 1 aromatic heterocycles. The van der Waals surface area contributed by atoms with Crippen LogP contribution in [-0.4, -0.2) is 64.2 Å². The van der Waals surface area contributed by atoms with Crippen molar-refractivity contribution in [2.45, 2.75) is 45.2 Å². The second-order valence-electron chi connectivity index (χ2n) is 7.36. The quantitative estimate of drug-likeness (QED) is 0.872. The number of amides is 3. The highest BCUT2D eigenvalue weighted by molar-refractivity contribution is 5.94. The van der Waals surface area contributed by atoms with Gasteiger partial charge in [0.2, 0.25) is 11.8 Å². The highest BCUT2D eigenvalue weighted by Gasteiger charge is 2.38. The number of hydrogen-bond acceptors (Lipinski definition) is 4. The van der Waals surface area contributed by atoms with Gasteiger partial charge in [-0.05, 0) is 38.8 Å². The number of carbonyl (C=O) groups excluding carboxylic acids is 3. The van der Waals surface area contributed by atoms with Gasteiger partial charge in [0, 0.05) is 50.5 Å². The zero-order valence-corrected chi connectivity index (χ0v) is 15.4. The van der Waals surface area contributed by atoms with Crippen LogP contribution in [0.1, 0.15) is 43.5 Å². The van der Waals surface area contributed by atoms with Crippen LogP contribution in [-0.2, 0) is 9.59 Å². The topological polar surface area (TPSA) is 82.6 Å². The van der Waals surface area contributed by atoms with E-state index in [9.17, 15) is 14.4 Å². The van der Waals surface area contributed by atoms with Gasteiger partial charge in [-0.3, -0.25) is 19.4 Å². The summed E-state index contributed by atoms with van der Waals surface area (Å²) in [5.41, 5.74) is 0.546. The fraction of sp³-hybridized carbons (Fsp3) is 0.579. The number of hydrogen-bond donors (Lipinski definition) is 1. The molecule has 1 N–H and O–H groups in total. The normalized spacial score (nSPS) is 21.3. The van der Waals surface area contributed by atoms with E-state index in [4.69, 9.17) is 0 Å². The maximum atomic E-state index is 12.7. The lowest BCUT2D eigenvalue weighted by atomic mass is 10.0. The third-order valence-electron chi connectivity index (χ3n) is 5.20. The van der Waals surface area contributed by atoms with Crippen LogP contribution >= 0.6 is 0 Å². The first-order chi connectivity index (χ1) is 12.5. The van der Waals surface area contributed by atoms with Gasteiger partial charge in [0.15, 0.2) is 0 Å². The summed E-state index contributed by atoms with van der Waals surface area (Å²) in [7, 11) is 0. The smallest absolute Gasteiger partial charge is 0.253 e. The van der Waals surface area contributed by atoms with E-state index >= 15 is 0 Å². The Hall–Kier alpha value is -2.44. The predicted molar refractivity (Wildman–Crippen MR) is 96.3 cm³/mol. The average Bonchev–Trinajstić information content (AvgIpc) is 3.04. The van der Waals surface area contributed by atoms with Crippen LogP contribution in [0.15, 0.2) is 24.5 Å². The molecular formula is C19H26N4O3. The minimum atomic E-state index is -0.230. The van der Waals surface area contributed by atoms with Crippen molar-refractivity contribution in [2.75, 3.05) is 19.6 Å². The third kappa shape index (κ3) is 4.03. The summed E-state index contributed by atoms with van der Waals surface area (Å²) in [5, 5.41) is 3.01. The molecule has 2 aliphatic rings. The Kier molecular flexibility index (Phi) is 5.54. The van der Waals surface area contributed by atoms with E-state index in [-0.39, 0.29) is 35.7 Å². The molecule has 0 aromatic carbocycles. The second kappa shape index (κ2) is 7.85. The van der Waals surface area contributed by atoms with E-state index in [0.29, 0.717) is 31.6 Å². The standard InChI is InChI=1S/C19H26N4O3/c1-13(2)23-12-15(10-17(23)24)19(26)22-8-5-16(6-9-22)21-18(25)14-4-3-7-20-11-14/h3-4,7,11,13,15-16H,5-6,8-10,12H2,1-2H3,(H,21,25). The lowest BCUT2D eigenvalue weighted by Crippen LogP contribution is -2.48. The van der Waals surface area contributed by atoms with Crippen LogP contribution in [0.25, 0.3) is 0 Å². The van der Waals surface area contributed by atoms with Crippen LogP contribution in [0.5, 0.6) is 0 Å². The molecule has 7 nitrogen and oxygen atoms in total. The van der Waals surface area contributed by atoms with Crippen molar-refractivity contribution in [3.8, 4) is 0 Å². The van der Waals surface area contributed by atoms with Gasteiger partial charge in [-0.25, -0.2) is 0 Å². The number of carbonyl (C=O) groups is 3. The summed E-state index contributed by atoms with van der Waals surface area (Å²) in [6.45, 7) is 5.70. The van der Waals surface area contributed by atoms with Crippen molar-refractivity contribution in [1.82, 2.24) is 20.1 Å². The summed E-state index contributed by atoms with van der Waals surface area (Å²) in [6.07, 6.45) is 4.95. The number of rotatable bonds is 4. The number of likely N-dealkylation sites (tertiary alicyclic amines) is 2. The summed E-state index contributed by atoms with van der Waals surface area (Å²) < 4.78 is 0. The Labute approximate surface area is 153 Å². The monoisotopic (exact) mass is 358 g/mol. The Morgan fingerprint density at radius 3 is 2.58 bits per heavy atom. The first-order valence-electron chi connectivity index (χ1n) is 9.25. The summed E-state index contributed by atoms with van der Waals surface area (Å²) in [6, 6.07) is 3.66. The summed E-state index contributed by atoms with van der Waals surface area (Å²) in [4.78, 5) is 44.5. The van der Waals surface area contributed by atoms with Gasteiger partial charge >= 0.3 is 0 Å². The average molecular weight is 358 g/mol. The molecule has 3 amide bonds. The van der Waals surface area contributed by atoms with E-state index in [1.54, 1.807) is 29.4 Å².